The number of rotatable bonds is 5. The molecule has 0 heterocycles. The first-order valence-electron chi connectivity index (χ1n) is 6.22. The Morgan fingerprint density at radius 1 is 1.00 bits per heavy atom. The molecule has 0 nitrogen and oxygen atoms in total. The van der Waals surface area contributed by atoms with Crippen molar-refractivity contribution in [3.63, 3.8) is 0 Å². The highest BCUT2D eigenvalue weighted by atomic mass is 79.9. The average Bonchev–Trinajstić information content (AvgIpc) is 2.40. The van der Waals surface area contributed by atoms with Crippen LogP contribution in [0.15, 0.2) is 53.0 Å². The van der Waals surface area contributed by atoms with E-state index in [1.54, 1.807) is 12.1 Å². The molecule has 0 saturated heterocycles. The van der Waals surface area contributed by atoms with Crippen molar-refractivity contribution in [2.24, 2.45) is 5.92 Å². The number of benzene rings is 2. The van der Waals surface area contributed by atoms with E-state index < -0.39 is 0 Å². The van der Waals surface area contributed by atoms with Crippen LogP contribution in [0.1, 0.15) is 11.1 Å². The Balaban J connectivity index is 2.02. The van der Waals surface area contributed by atoms with Gasteiger partial charge in [0.15, 0.2) is 0 Å². The lowest BCUT2D eigenvalue weighted by Gasteiger charge is -2.14. The maximum Gasteiger partial charge on any atom is 0.123 e. The maximum absolute atomic E-state index is 13.2. The van der Waals surface area contributed by atoms with E-state index in [-0.39, 0.29) is 5.82 Å². The average molecular weight is 342 g/mol. The number of hydrogen-bond acceptors (Lipinski definition) is 0. The Morgan fingerprint density at radius 3 is 2.32 bits per heavy atom. The zero-order valence-corrected chi connectivity index (χ0v) is 12.8. The summed E-state index contributed by atoms with van der Waals surface area (Å²) in [6.07, 6.45) is 1.71. The van der Waals surface area contributed by atoms with Crippen LogP contribution in [0, 0.1) is 11.7 Å². The quantitative estimate of drug-likeness (QED) is 0.653. The molecule has 0 aliphatic carbocycles. The molecule has 1 atom stereocenters. The van der Waals surface area contributed by atoms with E-state index in [0.29, 0.717) is 11.8 Å². The van der Waals surface area contributed by atoms with Gasteiger partial charge in [0, 0.05) is 10.4 Å². The first-order chi connectivity index (χ1) is 9.17. The molecule has 2 aromatic rings. The fourth-order valence-corrected chi connectivity index (χ4v) is 2.61. The highest BCUT2D eigenvalue weighted by Crippen LogP contribution is 2.18. The molecule has 3 heteroatoms. The Morgan fingerprint density at radius 2 is 1.68 bits per heavy atom. The molecule has 19 heavy (non-hydrogen) atoms. The predicted octanol–water partition coefficient (Wildman–Crippen LogP) is 5.23. The fourth-order valence-electron chi connectivity index (χ4n) is 2.13. The van der Waals surface area contributed by atoms with Gasteiger partial charge in [-0.15, -0.1) is 11.6 Å². The topological polar surface area (TPSA) is 0 Å². The van der Waals surface area contributed by atoms with Crippen molar-refractivity contribution >= 4 is 27.5 Å². The minimum Gasteiger partial charge on any atom is -0.207 e. The van der Waals surface area contributed by atoms with Gasteiger partial charge in [-0.3, -0.25) is 0 Å². The van der Waals surface area contributed by atoms with Gasteiger partial charge in [0.05, 0.1) is 0 Å². The van der Waals surface area contributed by atoms with Crippen molar-refractivity contribution in [1.29, 1.82) is 0 Å². The summed E-state index contributed by atoms with van der Waals surface area (Å²) in [5.41, 5.74) is 2.26. The summed E-state index contributed by atoms with van der Waals surface area (Å²) in [5.74, 6) is 0.714. The van der Waals surface area contributed by atoms with Gasteiger partial charge in [-0.1, -0.05) is 40.2 Å². The first-order valence-corrected chi connectivity index (χ1v) is 7.55. The molecule has 0 aromatic heterocycles. The van der Waals surface area contributed by atoms with Crippen LogP contribution in [0.5, 0.6) is 0 Å². The van der Waals surface area contributed by atoms with Gasteiger partial charge >= 0.3 is 0 Å². The second kappa shape index (κ2) is 7.06. The predicted molar refractivity (Wildman–Crippen MR) is 82.2 cm³/mol. The van der Waals surface area contributed by atoms with Gasteiger partial charge in [-0.2, -0.15) is 0 Å². The van der Waals surface area contributed by atoms with Crippen molar-refractivity contribution in [3.8, 4) is 0 Å². The number of alkyl halides is 1. The van der Waals surface area contributed by atoms with E-state index in [9.17, 15) is 4.39 Å². The van der Waals surface area contributed by atoms with E-state index in [4.69, 9.17) is 11.6 Å². The van der Waals surface area contributed by atoms with Crippen LogP contribution in [-0.4, -0.2) is 5.88 Å². The van der Waals surface area contributed by atoms with Gasteiger partial charge in [-0.05, 0) is 54.2 Å². The minimum atomic E-state index is -0.186. The zero-order chi connectivity index (χ0) is 13.7. The molecule has 0 spiro atoms. The molecule has 2 aromatic carbocycles. The van der Waals surface area contributed by atoms with Crippen LogP contribution < -0.4 is 0 Å². The van der Waals surface area contributed by atoms with Crippen molar-refractivity contribution in [2.45, 2.75) is 12.8 Å². The molecule has 100 valence electrons. The summed E-state index contributed by atoms with van der Waals surface area (Å²) in [6, 6.07) is 15.0. The monoisotopic (exact) mass is 340 g/mol. The molecule has 0 fully saturated rings. The molecule has 0 aliphatic heterocycles. The number of hydrogen-bond donors (Lipinski definition) is 0. The lowest BCUT2D eigenvalue weighted by molar-refractivity contribution is 0.576. The first kappa shape index (κ1) is 14.5. The molecular formula is C16H15BrClF. The smallest absolute Gasteiger partial charge is 0.123 e. The Hall–Kier alpha value is -0.860. The van der Waals surface area contributed by atoms with E-state index in [0.717, 1.165) is 22.9 Å². The SMILES string of the molecule is Fc1cccc(CC(CCl)Cc2ccc(Br)cc2)c1. The van der Waals surface area contributed by atoms with Gasteiger partial charge in [0.2, 0.25) is 0 Å². The summed E-state index contributed by atoms with van der Waals surface area (Å²) < 4.78 is 14.2. The third-order valence-electron chi connectivity index (χ3n) is 3.07. The summed E-state index contributed by atoms with van der Waals surface area (Å²) >= 11 is 9.46. The highest BCUT2D eigenvalue weighted by molar-refractivity contribution is 9.10. The van der Waals surface area contributed by atoms with Gasteiger partial charge < -0.3 is 0 Å². The van der Waals surface area contributed by atoms with Crippen molar-refractivity contribution in [2.75, 3.05) is 5.88 Å². The zero-order valence-electron chi connectivity index (χ0n) is 10.5. The second-order valence-electron chi connectivity index (χ2n) is 4.68. The molecular weight excluding hydrogens is 327 g/mol. The fraction of sp³-hybridized carbons (Fsp3) is 0.250. The van der Waals surface area contributed by atoms with Crippen LogP contribution in [-0.2, 0) is 12.8 Å². The lowest BCUT2D eigenvalue weighted by Crippen LogP contribution is -2.10. The normalized spacial score (nSPS) is 12.4. The van der Waals surface area contributed by atoms with E-state index in [1.807, 2.05) is 18.2 Å². The van der Waals surface area contributed by atoms with Crippen LogP contribution in [0.4, 0.5) is 4.39 Å². The van der Waals surface area contributed by atoms with Crippen LogP contribution >= 0.6 is 27.5 Å². The molecule has 0 amide bonds. The Kier molecular flexibility index (Phi) is 5.41. The van der Waals surface area contributed by atoms with Gasteiger partial charge in [0.25, 0.3) is 0 Å². The lowest BCUT2D eigenvalue weighted by atomic mass is 9.94. The summed E-state index contributed by atoms with van der Waals surface area (Å²) in [6.45, 7) is 0. The minimum absolute atomic E-state index is 0.186. The van der Waals surface area contributed by atoms with Crippen LogP contribution in [0.3, 0.4) is 0 Å². The van der Waals surface area contributed by atoms with E-state index in [1.165, 1.54) is 11.6 Å². The highest BCUT2D eigenvalue weighted by Gasteiger charge is 2.10. The molecule has 0 radical (unpaired) electrons. The van der Waals surface area contributed by atoms with E-state index >= 15 is 0 Å². The standard InChI is InChI=1S/C16H15BrClF/c17-15-6-4-12(5-7-15)8-14(11-18)9-13-2-1-3-16(19)10-13/h1-7,10,14H,8-9,11H2. The van der Waals surface area contributed by atoms with E-state index in [2.05, 4.69) is 28.1 Å². The van der Waals surface area contributed by atoms with Gasteiger partial charge in [0.1, 0.15) is 5.82 Å². The third-order valence-corrected chi connectivity index (χ3v) is 4.03. The number of halogens is 3. The van der Waals surface area contributed by atoms with Crippen LogP contribution in [0.2, 0.25) is 0 Å². The van der Waals surface area contributed by atoms with Crippen molar-refractivity contribution < 1.29 is 4.39 Å². The maximum atomic E-state index is 13.2. The summed E-state index contributed by atoms with van der Waals surface area (Å²) in [4.78, 5) is 0. The van der Waals surface area contributed by atoms with Crippen LogP contribution in [0.25, 0.3) is 0 Å². The third kappa shape index (κ3) is 4.63. The largest absolute Gasteiger partial charge is 0.207 e. The summed E-state index contributed by atoms with van der Waals surface area (Å²) in [5, 5.41) is 0. The molecule has 0 saturated carbocycles. The second-order valence-corrected chi connectivity index (χ2v) is 5.91. The molecule has 0 aliphatic rings. The summed E-state index contributed by atoms with van der Waals surface area (Å²) in [7, 11) is 0. The van der Waals surface area contributed by atoms with Gasteiger partial charge in [-0.25, -0.2) is 4.39 Å². The molecule has 0 N–H and O–H groups in total. The Labute approximate surface area is 126 Å². The van der Waals surface area contributed by atoms with Crippen molar-refractivity contribution in [1.82, 2.24) is 0 Å². The molecule has 1 unspecified atom stereocenters. The van der Waals surface area contributed by atoms with Crippen molar-refractivity contribution in [3.05, 3.63) is 69.9 Å². The molecule has 0 bridgehead atoms. The Bertz CT molecular complexity index is 525. The molecule has 2 rings (SSSR count).